The van der Waals surface area contributed by atoms with Gasteiger partial charge >= 0.3 is 0 Å². The zero-order valence-electron chi connectivity index (χ0n) is 12.4. The van der Waals surface area contributed by atoms with Gasteiger partial charge in [0.15, 0.2) is 5.82 Å². The van der Waals surface area contributed by atoms with Gasteiger partial charge in [-0.05, 0) is 42.5 Å². The molecule has 124 valence electrons. The zero-order valence-corrected chi connectivity index (χ0v) is 14.7. The van der Waals surface area contributed by atoms with E-state index in [4.69, 9.17) is 23.2 Å². The van der Waals surface area contributed by atoms with Gasteiger partial charge in [-0.25, -0.2) is 4.39 Å². The molecule has 0 radical (unpaired) electrons. The Labute approximate surface area is 154 Å². The smallest absolute Gasteiger partial charge is 0.266 e. The van der Waals surface area contributed by atoms with Crippen LogP contribution in [0.25, 0.3) is 22.4 Å². The molecule has 0 amide bonds. The van der Waals surface area contributed by atoms with Crippen LogP contribution in [0.15, 0.2) is 47.3 Å². The number of thiazole rings is 1. The van der Waals surface area contributed by atoms with Crippen molar-refractivity contribution in [3.05, 3.63) is 78.8 Å². The molecule has 25 heavy (non-hydrogen) atoms. The molecular formula is C17H8Cl2FN3OS. The lowest BCUT2D eigenvalue weighted by Gasteiger charge is -1.99. The van der Waals surface area contributed by atoms with Crippen LogP contribution in [-0.4, -0.2) is 14.6 Å². The van der Waals surface area contributed by atoms with Gasteiger partial charge in [0, 0.05) is 21.2 Å². The molecule has 0 bridgehead atoms. The van der Waals surface area contributed by atoms with Crippen molar-refractivity contribution >= 4 is 45.6 Å². The summed E-state index contributed by atoms with van der Waals surface area (Å²) in [4.78, 5) is 17.3. The molecule has 0 saturated heterocycles. The fraction of sp³-hybridized carbons (Fsp3) is 0. The molecule has 0 aliphatic heterocycles. The van der Waals surface area contributed by atoms with E-state index in [0.717, 1.165) is 0 Å². The highest BCUT2D eigenvalue weighted by Crippen LogP contribution is 2.25. The minimum absolute atomic E-state index is 0.308. The summed E-state index contributed by atoms with van der Waals surface area (Å²) >= 11 is 13.5. The van der Waals surface area contributed by atoms with Crippen molar-refractivity contribution in [3.8, 4) is 11.4 Å². The number of nitrogens with zero attached hydrogens (tertiary/aromatic N) is 3. The van der Waals surface area contributed by atoms with Gasteiger partial charge in [0.05, 0.1) is 4.53 Å². The van der Waals surface area contributed by atoms with E-state index in [1.165, 1.54) is 28.0 Å². The van der Waals surface area contributed by atoms with E-state index < -0.39 is 0 Å². The topological polar surface area (TPSA) is 47.3 Å². The SMILES string of the molecule is O=c1c(=Cc2c(Cl)cccc2Cl)sc2nc(-c3ccc(F)cc3)nn12. The second-order valence-corrected chi connectivity index (χ2v) is 7.01. The van der Waals surface area contributed by atoms with Gasteiger partial charge in [-0.1, -0.05) is 40.6 Å². The van der Waals surface area contributed by atoms with Crippen LogP contribution in [0.2, 0.25) is 10.0 Å². The molecule has 4 aromatic rings. The van der Waals surface area contributed by atoms with Crippen molar-refractivity contribution in [2.45, 2.75) is 0 Å². The van der Waals surface area contributed by atoms with Crippen molar-refractivity contribution < 1.29 is 4.39 Å². The van der Waals surface area contributed by atoms with Crippen LogP contribution in [0.4, 0.5) is 4.39 Å². The summed E-state index contributed by atoms with van der Waals surface area (Å²) in [6.07, 6.45) is 1.63. The van der Waals surface area contributed by atoms with Gasteiger partial charge in [0.1, 0.15) is 5.82 Å². The number of hydrogen-bond donors (Lipinski definition) is 0. The van der Waals surface area contributed by atoms with Crippen LogP contribution in [0.5, 0.6) is 0 Å². The molecule has 2 aromatic carbocycles. The summed E-state index contributed by atoms with van der Waals surface area (Å²) in [5, 5.41) is 5.13. The fourth-order valence-corrected chi connectivity index (χ4v) is 3.73. The molecule has 0 aliphatic rings. The molecule has 8 heteroatoms. The van der Waals surface area contributed by atoms with Crippen molar-refractivity contribution in [1.29, 1.82) is 0 Å². The minimum atomic E-state index is -0.345. The first-order valence-electron chi connectivity index (χ1n) is 7.14. The Balaban J connectivity index is 1.85. The first-order chi connectivity index (χ1) is 12.0. The summed E-state index contributed by atoms with van der Waals surface area (Å²) in [5.41, 5.74) is 0.902. The largest absolute Gasteiger partial charge is 0.291 e. The Morgan fingerprint density at radius 1 is 1.08 bits per heavy atom. The van der Waals surface area contributed by atoms with Gasteiger partial charge < -0.3 is 0 Å². The standard InChI is InChI=1S/C17H8Cl2FN3OS/c18-12-2-1-3-13(19)11(12)8-14-16(24)23-17(25-14)21-15(22-23)9-4-6-10(20)7-5-9/h1-8H. The molecule has 2 heterocycles. The summed E-state index contributed by atoms with van der Waals surface area (Å²) < 4.78 is 14.7. The molecule has 0 fully saturated rings. The Morgan fingerprint density at radius 3 is 2.40 bits per heavy atom. The maximum Gasteiger partial charge on any atom is 0.291 e. The Kier molecular flexibility index (Phi) is 4.03. The van der Waals surface area contributed by atoms with Gasteiger partial charge in [0.25, 0.3) is 5.56 Å². The van der Waals surface area contributed by atoms with E-state index in [9.17, 15) is 9.18 Å². The number of fused-ring (bicyclic) bond motifs is 1. The first kappa shape index (κ1) is 16.2. The van der Waals surface area contributed by atoms with Crippen LogP contribution >= 0.6 is 34.5 Å². The van der Waals surface area contributed by atoms with E-state index in [1.807, 2.05) is 0 Å². The third kappa shape index (κ3) is 2.93. The number of benzene rings is 2. The fourth-order valence-electron chi connectivity index (χ4n) is 2.33. The highest BCUT2D eigenvalue weighted by atomic mass is 35.5. The number of hydrogen-bond acceptors (Lipinski definition) is 4. The van der Waals surface area contributed by atoms with Crippen molar-refractivity contribution in [2.75, 3.05) is 0 Å². The predicted octanol–water partition coefficient (Wildman–Crippen LogP) is 3.81. The maximum absolute atomic E-state index is 13.0. The highest BCUT2D eigenvalue weighted by molar-refractivity contribution is 7.15. The lowest BCUT2D eigenvalue weighted by molar-refractivity contribution is 0.628. The quantitative estimate of drug-likeness (QED) is 0.521. The van der Waals surface area contributed by atoms with Crippen LogP contribution in [0.1, 0.15) is 5.56 Å². The molecular weight excluding hydrogens is 384 g/mol. The lowest BCUT2D eigenvalue weighted by atomic mass is 10.2. The number of aromatic nitrogens is 3. The molecule has 4 nitrogen and oxygen atoms in total. The minimum Gasteiger partial charge on any atom is -0.266 e. The van der Waals surface area contributed by atoms with E-state index in [1.54, 1.807) is 36.4 Å². The second kappa shape index (κ2) is 6.22. The van der Waals surface area contributed by atoms with Crippen LogP contribution in [0, 0.1) is 5.82 Å². The third-order valence-corrected chi connectivity index (χ3v) is 5.18. The highest BCUT2D eigenvalue weighted by Gasteiger charge is 2.13. The van der Waals surface area contributed by atoms with E-state index in [0.29, 0.717) is 36.5 Å². The average Bonchev–Trinajstić information content (AvgIpc) is 3.12. The molecule has 0 unspecified atom stereocenters. The summed E-state index contributed by atoms with van der Waals surface area (Å²) in [6.45, 7) is 0. The van der Waals surface area contributed by atoms with Gasteiger partial charge in [-0.2, -0.15) is 9.50 Å². The van der Waals surface area contributed by atoms with Gasteiger partial charge in [0.2, 0.25) is 4.96 Å². The van der Waals surface area contributed by atoms with Crippen molar-refractivity contribution in [1.82, 2.24) is 14.6 Å². The monoisotopic (exact) mass is 391 g/mol. The normalized spacial score (nSPS) is 12.2. The van der Waals surface area contributed by atoms with Crippen LogP contribution in [-0.2, 0) is 0 Å². The van der Waals surface area contributed by atoms with Gasteiger partial charge in [-0.3, -0.25) is 4.79 Å². The molecule has 0 spiro atoms. The second-order valence-electron chi connectivity index (χ2n) is 5.19. The van der Waals surface area contributed by atoms with E-state index in [2.05, 4.69) is 10.1 Å². The number of rotatable bonds is 2. The molecule has 4 rings (SSSR count). The van der Waals surface area contributed by atoms with Crippen molar-refractivity contribution in [2.24, 2.45) is 0 Å². The average molecular weight is 392 g/mol. The third-order valence-electron chi connectivity index (χ3n) is 3.56. The molecule has 2 aromatic heterocycles. The summed E-state index contributed by atoms with van der Waals surface area (Å²) in [6, 6.07) is 10.9. The molecule has 0 saturated carbocycles. The van der Waals surface area contributed by atoms with Crippen LogP contribution in [0.3, 0.4) is 0 Å². The zero-order chi connectivity index (χ0) is 17.6. The molecule has 0 atom stereocenters. The number of halogens is 3. The molecule has 0 aliphatic carbocycles. The van der Waals surface area contributed by atoms with E-state index in [-0.39, 0.29) is 11.4 Å². The van der Waals surface area contributed by atoms with E-state index >= 15 is 0 Å². The maximum atomic E-state index is 13.0. The lowest BCUT2D eigenvalue weighted by Crippen LogP contribution is -2.23. The Bertz CT molecular complexity index is 1180. The molecule has 0 N–H and O–H groups in total. The van der Waals surface area contributed by atoms with Gasteiger partial charge in [-0.15, -0.1) is 5.10 Å². The van der Waals surface area contributed by atoms with Crippen molar-refractivity contribution in [3.63, 3.8) is 0 Å². The Morgan fingerprint density at radius 2 is 1.76 bits per heavy atom. The Hall–Kier alpha value is -2.28. The predicted molar refractivity (Wildman–Crippen MR) is 97.8 cm³/mol. The first-order valence-corrected chi connectivity index (χ1v) is 8.71. The van der Waals surface area contributed by atoms with Crippen LogP contribution < -0.4 is 10.1 Å². The summed E-state index contributed by atoms with van der Waals surface area (Å²) in [7, 11) is 0. The summed E-state index contributed by atoms with van der Waals surface area (Å²) in [5.74, 6) is 0.0217.